The summed E-state index contributed by atoms with van der Waals surface area (Å²) >= 11 is 6.10. The highest BCUT2D eigenvalue weighted by atomic mass is 35.5. The molecule has 2 nitrogen and oxygen atoms in total. The third-order valence-electron chi connectivity index (χ3n) is 5.40. The number of nitrogens with one attached hydrogen (secondary N) is 1. The topological polar surface area (TPSA) is 21.3 Å². The van der Waals surface area contributed by atoms with Crippen LogP contribution in [0.2, 0.25) is 5.02 Å². The Morgan fingerprint density at radius 2 is 2.10 bits per heavy atom. The summed E-state index contributed by atoms with van der Waals surface area (Å²) in [5.41, 5.74) is 2.96. The molecule has 1 aliphatic carbocycles. The first kappa shape index (κ1) is 15.3. The summed E-state index contributed by atoms with van der Waals surface area (Å²) in [6.45, 7) is 5.39. The number of rotatable bonds is 4. The van der Waals surface area contributed by atoms with Gasteiger partial charge in [0.1, 0.15) is 0 Å². The lowest BCUT2D eigenvalue weighted by Gasteiger charge is -2.41. The van der Waals surface area contributed by atoms with Crippen LogP contribution in [0, 0.1) is 0 Å². The number of ether oxygens (including phenoxy) is 1. The van der Waals surface area contributed by atoms with Crippen molar-refractivity contribution >= 4 is 11.6 Å². The van der Waals surface area contributed by atoms with E-state index in [-0.39, 0.29) is 5.60 Å². The Bertz CT molecular complexity index is 498. The summed E-state index contributed by atoms with van der Waals surface area (Å²) in [4.78, 5) is 0. The van der Waals surface area contributed by atoms with Gasteiger partial charge in [-0.1, -0.05) is 31.5 Å². The van der Waals surface area contributed by atoms with Crippen molar-refractivity contribution in [2.24, 2.45) is 0 Å². The molecule has 21 heavy (non-hydrogen) atoms. The van der Waals surface area contributed by atoms with Gasteiger partial charge in [0.25, 0.3) is 0 Å². The third kappa shape index (κ3) is 3.13. The lowest BCUT2D eigenvalue weighted by atomic mass is 9.85. The molecule has 1 N–H and O–H groups in total. The minimum Gasteiger partial charge on any atom is -0.375 e. The summed E-state index contributed by atoms with van der Waals surface area (Å²) in [5.74, 6) is 0. The number of benzene rings is 1. The average Bonchev–Trinajstić information content (AvgIpc) is 2.89. The molecule has 1 aromatic rings. The lowest BCUT2D eigenvalue weighted by molar-refractivity contribution is -0.0941. The van der Waals surface area contributed by atoms with Crippen LogP contribution in [0.15, 0.2) is 18.2 Å². The fourth-order valence-corrected chi connectivity index (χ4v) is 4.15. The second-order valence-electron chi connectivity index (χ2n) is 6.53. The van der Waals surface area contributed by atoms with Crippen molar-refractivity contribution in [3.8, 4) is 0 Å². The molecule has 0 aromatic heterocycles. The zero-order valence-electron chi connectivity index (χ0n) is 13.1. The third-order valence-corrected chi connectivity index (χ3v) is 5.64. The zero-order chi connectivity index (χ0) is 14.9. The maximum Gasteiger partial charge on any atom is 0.0692 e. The first-order valence-electron chi connectivity index (χ1n) is 8.34. The van der Waals surface area contributed by atoms with Crippen molar-refractivity contribution in [3.63, 3.8) is 0 Å². The average molecular weight is 308 g/mol. The Labute approximate surface area is 133 Å². The van der Waals surface area contributed by atoms with Crippen molar-refractivity contribution in [1.82, 2.24) is 5.32 Å². The molecule has 0 amide bonds. The molecule has 0 spiro atoms. The van der Waals surface area contributed by atoms with Gasteiger partial charge in [-0.15, -0.1) is 0 Å². The highest BCUT2D eigenvalue weighted by Gasteiger charge is 2.36. The maximum atomic E-state index is 6.10. The van der Waals surface area contributed by atoms with E-state index < -0.39 is 0 Å². The number of hydrogen-bond donors (Lipinski definition) is 1. The smallest absolute Gasteiger partial charge is 0.0692 e. The number of halogens is 1. The largest absolute Gasteiger partial charge is 0.375 e. The zero-order valence-corrected chi connectivity index (χ0v) is 13.9. The number of fused-ring (bicyclic) bond motifs is 1. The molecule has 3 rings (SSSR count). The molecular weight excluding hydrogens is 282 g/mol. The van der Waals surface area contributed by atoms with E-state index in [0.717, 1.165) is 43.7 Å². The van der Waals surface area contributed by atoms with Gasteiger partial charge in [-0.2, -0.15) is 0 Å². The van der Waals surface area contributed by atoms with E-state index in [4.69, 9.17) is 16.3 Å². The van der Waals surface area contributed by atoms with Crippen LogP contribution in [0.3, 0.4) is 0 Å². The molecule has 3 heteroatoms. The van der Waals surface area contributed by atoms with Crippen LogP contribution in [0.25, 0.3) is 0 Å². The predicted molar refractivity (Wildman–Crippen MR) is 87.9 cm³/mol. The summed E-state index contributed by atoms with van der Waals surface area (Å²) in [7, 11) is 0. The normalized spacial score (nSPS) is 27.6. The highest BCUT2D eigenvalue weighted by Crippen LogP contribution is 2.36. The molecule has 2 unspecified atom stereocenters. The van der Waals surface area contributed by atoms with Crippen LogP contribution in [0.1, 0.15) is 63.1 Å². The van der Waals surface area contributed by atoms with E-state index in [2.05, 4.69) is 31.3 Å². The molecule has 1 fully saturated rings. The van der Waals surface area contributed by atoms with Crippen LogP contribution >= 0.6 is 11.6 Å². The molecule has 1 aromatic carbocycles. The van der Waals surface area contributed by atoms with Crippen LogP contribution in [-0.4, -0.2) is 18.2 Å². The van der Waals surface area contributed by atoms with Crippen molar-refractivity contribution in [3.05, 3.63) is 34.3 Å². The fraction of sp³-hybridized carbons (Fsp3) is 0.667. The second-order valence-corrected chi connectivity index (χ2v) is 6.97. The Kier molecular flexibility index (Phi) is 4.58. The number of hydrogen-bond acceptors (Lipinski definition) is 2. The molecule has 0 saturated carbocycles. The van der Waals surface area contributed by atoms with Gasteiger partial charge >= 0.3 is 0 Å². The number of aryl methyl sites for hydroxylation is 1. The van der Waals surface area contributed by atoms with E-state index in [1.807, 2.05) is 6.07 Å². The lowest BCUT2D eigenvalue weighted by Crippen LogP contribution is -2.47. The van der Waals surface area contributed by atoms with E-state index in [9.17, 15) is 0 Å². The van der Waals surface area contributed by atoms with Crippen molar-refractivity contribution in [2.45, 2.75) is 70.1 Å². The Morgan fingerprint density at radius 3 is 2.86 bits per heavy atom. The van der Waals surface area contributed by atoms with Crippen LogP contribution in [0.5, 0.6) is 0 Å². The van der Waals surface area contributed by atoms with Crippen molar-refractivity contribution in [2.75, 3.05) is 6.61 Å². The molecule has 0 bridgehead atoms. The quantitative estimate of drug-likeness (QED) is 0.874. The van der Waals surface area contributed by atoms with Crippen LogP contribution < -0.4 is 5.32 Å². The van der Waals surface area contributed by atoms with Gasteiger partial charge in [-0.3, -0.25) is 0 Å². The van der Waals surface area contributed by atoms with Gasteiger partial charge in [-0.05, 0) is 61.8 Å². The predicted octanol–water partition coefficient (Wildman–Crippen LogP) is 4.65. The molecule has 1 heterocycles. The van der Waals surface area contributed by atoms with E-state index >= 15 is 0 Å². The van der Waals surface area contributed by atoms with Crippen LogP contribution in [0.4, 0.5) is 0 Å². The van der Waals surface area contributed by atoms with Crippen molar-refractivity contribution in [1.29, 1.82) is 0 Å². The standard InChI is InChI=1S/C18H26ClNO/c1-3-18(4-2)12-15(9-10-21-18)20-17-8-5-13-11-14(19)6-7-16(13)17/h6-7,11,15,17,20H,3-5,8-10,12H2,1-2H3. The molecule has 2 aliphatic rings. The Hall–Kier alpha value is -0.570. The van der Waals surface area contributed by atoms with Gasteiger partial charge in [0, 0.05) is 23.7 Å². The van der Waals surface area contributed by atoms with E-state index in [1.54, 1.807) is 0 Å². The Balaban J connectivity index is 1.68. The first-order valence-corrected chi connectivity index (χ1v) is 8.72. The fourth-order valence-electron chi connectivity index (χ4n) is 3.96. The summed E-state index contributed by atoms with van der Waals surface area (Å²) in [6, 6.07) is 7.42. The molecular formula is C18H26ClNO. The molecule has 1 aliphatic heterocycles. The van der Waals surface area contributed by atoms with E-state index in [0.29, 0.717) is 12.1 Å². The molecule has 116 valence electrons. The van der Waals surface area contributed by atoms with Crippen molar-refractivity contribution < 1.29 is 4.74 Å². The first-order chi connectivity index (χ1) is 10.2. The van der Waals surface area contributed by atoms with Gasteiger partial charge < -0.3 is 10.1 Å². The van der Waals surface area contributed by atoms with Crippen LogP contribution in [-0.2, 0) is 11.2 Å². The summed E-state index contributed by atoms with van der Waals surface area (Å²) in [5, 5.41) is 4.75. The van der Waals surface area contributed by atoms with Gasteiger partial charge in [0.2, 0.25) is 0 Å². The summed E-state index contributed by atoms with van der Waals surface area (Å²) < 4.78 is 6.09. The minimum absolute atomic E-state index is 0.0946. The molecule has 2 atom stereocenters. The second kappa shape index (κ2) is 6.28. The van der Waals surface area contributed by atoms with Gasteiger partial charge in [0.15, 0.2) is 0 Å². The monoisotopic (exact) mass is 307 g/mol. The summed E-state index contributed by atoms with van der Waals surface area (Å²) in [6.07, 6.45) is 6.82. The maximum absolute atomic E-state index is 6.10. The highest BCUT2D eigenvalue weighted by molar-refractivity contribution is 6.30. The molecule has 1 saturated heterocycles. The minimum atomic E-state index is 0.0946. The SMILES string of the molecule is CCC1(CC)CC(NC2CCc3cc(Cl)ccc32)CCO1. The molecule has 0 radical (unpaired) electrons. The van der Waals surface area contributed by atoms with Gasteiger partial charge in [0.05, 0.1) is 5.60 Å². The van der Waals surface area contributed by atoms with E-state index in [1.165, 1.54) is 17.5 Å². The Morgan fingerprint density at radius 1 is 1.29 bits per heavy atom. The van der Waals surface area contributed by atoms with Gasteiger partial charge in [-0.25, -0.2) is 0 Å².